The Bertz CT molecular complexity index is 687. The molecule has 2 aliphatic rings. The number of rotatable bonds is 3. The fraction of sp³-hybridized carbons (Fsp3) is 0.722. The van der Waals surface area contributed by atoms with Crippen molar-refractivity contribution < 1.29 is 14.7 Å². The van der Waals surface area contributed by atoms with E-state index < -0.39 is 11.4 Å². The minimum absolute atomic E-state index is 0.000128. The number of hydrogen-bond donors (Lipinski definition) is 1. The Hall–Kier alpha value is -1.47. The number of carbonyl (C=O) groups excluding carboxylic acids is 1. The number of nitrogens with zero attached hydrogens (tertiary/aromatic N) is 3. The van der Waals surface area contributed by atoms with E-state index in [2.05, 4.69) is 23.7 Å². The van der Waals surface area contributed by atoms with Gasteiger partial charge in [0, 0.05) is 25.0 Å². The number of amides is 1. The van der Waals surface area contributed by atoms with E-state index in [0.29, 0.717) is 36.7 Å². The van der Waals surface area contributed by atoms with Gasteiger partial charge >= 0.3 is 5.97 Å². The summed E-state index contributed by atoms with van der Waals surface area (Å²) in [5.41, 5.74) is 0.0704. The summed E-state index contributed by atoms with van der Waals surface area (Å²) in [6.07, 6.45) is 2.13. The fourth-order valence-electron chi connectivity index (χ4n) is 4.18. The van der Waals surface area contributed by atoms with Crippen LogP contribution in [0.25, 0.3) is 0 Å². The molecule has 1 amide bonds. The number of carbonyl (C=O) groups is 2. The number of fused-ring (bicyclic) bond motifs is 1. The Morgan fingerprint density at radius 1 is 1.32 bits per heavy atom. The van der Waals surface area contributed by atoms with Crippen molar-refractivity contribution in [1.29, 1.82) is 0 Å². The van der Waals surface area contributed by atoms with Crippen LogP contribution in [0.15, 0.2) is 0 Å². The Morgan fingerprint density at radius 2 is 2.04 bits per heavy atom. The number of piperidine rings is 2. The van der Waals surface area contributed by atoms with E-state index in [4.69, 9.17) is 0 Å². The summed E-state index contributed by atoms with van der Waals surface area (Å²) in [6.45, 7) is 7.91. The molecule has 0 spiro atoms. The van der Waals surface area contributed by atoms with Crippen LogP contribution in [0, 0.1) is 12.3 Å². The van der Waals surface area contributed by atoms with Crippen LogP contribution in [-0.2, 0) is 4.79 Å². The summed E-state index contributed by atoms with van der Waals surface area (Å²) in [7, 11) is 1.98. The van der Waals surface area contributed by atoms with Crippen molar-refractivity contribution in [2.75, 3.05) is 26.7 Å². The molecule has 7 heteroatoms. The van der Waals surface area contributed by atoms with Gasteiger partial charge in [-0.2, -0.15) is 0 Å². The van der Waals surface area contributed by atoms with E-state index in [-0.39, 0.29) is 11.9 Å². The van der Waals surface area contributed by atoms with Crippen LogP contribution in [-0.4, -0.2) is 64.5 Å². The quantitative estimate of drug-likeness (QED) is 0.891. The monoisotopic (exact) mass is 365 g/mol. The molecule has 0 aliphatic carbocycles. The van der Waals surface area contributed by atoms with Crippen molar-refractivity contribution in [2.24, 2.45) is 5.41 Å². The van der Waals surface area contributed by atoms with Crippen molar-refractivity contribution in [3.05, 3.63) is 15.6 Å². The highest BCUT2D eigenvalue weighted by molar-refractivity contribution is 7.13. The minimum Gasteiger partial charge on any atom is -0.481 e. The van der Waals surface area contributed by atoms with E-state index in [0.717, 1.165) is 23.7 Å². The number of aryl methyl sites for hydroxylation is 1. The van der Waals surface area contributed by atoms with E-state index in [1.807, 2.05) is 18.9 Å². The number of carboxylic acids is 1. The molecule has 6 nitrogen and oxygen atoms in total. The fourth-order valence-corrected chi connectivity index (χ4v) is 5.21. The van der Waals surface area contributed by atoms with Crippen LogP contribution >= 0.6 is 11.3 Å². The predicted molar refractivity (Wildman–Crippen MR) is 97.2 cm³/mol. The molecule has 2 aliphatic heterocycles. The third-order valence-electron chi connectivity index (χ3n) is 5.74. The highest BCUT2D eigenvalue weighted by Gasteiger charge is 2.53. The lowest BCUT2D eigenvalue weighted by molar-refractivity contribution is -0.161. The Labute approximate surface area is 152 Å². The summed E-state index contributed by atoms with van der Waals surface area (Å²) in [6, 6.07) is -0.116. The van der Waals surface area contributed by atoms with Gasteiger partial charge in [0.1, 0.15) is 4.88 Å². The third-order valence-corrected chi connectivity index (χ3v) is 7.19. The first-order valence-electron chi connectivity index (χ1n) is 8.96. The van der Waals surface area contributed by atoms with Crippen molar-refractivity contribution in [2.45, 2.75) is 52.0 Å². The second kappa shape index (κ2) is 6.68. The maximum Gasteiger partial charge on any atom is 0.311 e. The molecule has 1 N–H and O–H groups in total. The molecular weight excluding hydrogens is 338 g/mol. The first-order valence-corrected chi connectivity index (χ1v) is 9.78. The largest absolute Gasteiger partial charge is 0.481 e. The van der Waals surface area contributed by atoms with Crippen LogP contribution in [0.3, 0.4) is 0 Å². The van der Waals surface area contributed by atoms with Gasteiger partial charge in [-0.05, 0) is 39.8 Å². The lowest BCUT2D eigenvalue weighted by Crippen LogP contribution is -2.63. The molecule has 3 heterocycles. The SMILES string of the molecule is Cc1nc(C(C)C)sc1C(=O)N1CC[C@@]2(C(=O)O)CCCN(C)[C@@H]2C1. The summed E-state index contributed by atoms with van der Waals surface area (Å²) in [5.74, 6) is -0.414. The van der Waals surface area contributed by atoms with Crippen LogP contribution in [0.5, 0.6) is 0 Å². The van der Waals surface area contributed by atoms with E-state index in [1.54, 1.807) is 0 Å². The molecule has 1 aromatic heterocycles. The second-order valence-electron chi connectivity index (χ2n) is 7.68. The molecule has 138 valence electrons. The standard InChI is InChI=1S/C18H27N3O3S/c1-11(2)15-19-12(3)14(25-15)16(22)21-9-7-18(17(23)24)6-5-8-20(4)13(18)10-21/h11,13H,5-10H2,1-4H3,(H,23,24)/t13-,18+/m1/s1. The second-order valence-corrected chi connectivity index (χ2v) is 8.71. The Balaban J connectivity index is 1.84. The van der Waals surface area contributed by atoms with Gasteiger partial charge in [-0.25, -0.2) is 4.98 Å². The summed E-state index contributed by atoms with van der Waals surface area (Å²) >= 11 is 1.47. The number of hydrogen-bond acceptors (Lipinski definition) is 5. The van der Waals surface area contributed by atoms with Gasteiger partial charge in [0.25, 0.3) is 5.91 Å². The molecule has 0 saturated carbocycles. The maximum atomic E-state index is 13.0. The van der Waals surface area contributed by atoms with Crippen molar-refractivity contribution in [3.63, 3.8) is 0 Å². The van der Waals surface area contributed by atoms with Crippen LogP contribution in [0.2, 0.25) is 0 Å². The molecule has 2 fully saturated rings. The molecule has 3 rings (SSSR count). The zero-order valence-electron chi connectivity index (χ0n) is 15.4. The van der Waals surface area contributed by atoms with Gasteiger partial charge in [0.15, 0.2) is 0 Å². The van der Waals surface area contributed by atoms with Crippen LogP contribution < -0.4 is 0 Å². The van der Waals surface area contributed by atoms with Gasteiger partial charge in [0.2, 0.25) is 0 Å². The van der Waals surface area contributed by atoms with Crippen molar-refractivity contribution >= 4 is 23.2 Å². The molecule has 0 aromatic carbocycles. The molecule has 0 unspecified atom stereocenters. The number of thiazole rings is 1. The lowest BCUT2D eigenvalue weighted by atomic mass is 9.68. The van der Waals surface area contributed by atoms with Gasteiger partial charge in [-0.1, -0.05) is 13.8 Å². The van der Waals surface area contributed by atoms with Gasteiger partial charge < -0.3 is 14.9 Å². The molecule has 2 atom stereocenters. The van der Waals surface area contributed by atoms with E-state index in [9.17, 15) is 14.7 Å². The lowest BCUT2D eigenvalue weighted by Gasteiger charge is -2.51. The highest BCUT2D eigenvalue weighted by Crippen LogP contribution is 2.42. The predicted octanol–water partition coefficient (Wildman–Crippen LogP) is 2.59. The van der Waals surface area contributed by atoms with Crippen LogP contribution in [0.4, 0.5) is 0 Å². The Morgan fingerprint density at radius 3 is 2.64 bits per heavy atom. The van der Waals surface area contributed by atoms with Crippen molar-refractivity contribution in [1.82, 2.24) is 14.8 Å². The normalized spacial score (nSPS) is 27.4. The summed E-state index contributed by atoms with van der Waals surface area (Å²) in [4.78, 5) is 34.2. The molecule has 25 heavy (non-hydrogen) atoms. The first kappa shape index (κ1) is 18.3. The van der Waals surface area contributed by atoms with Crippen LogP contribution in [0.1, 0.15) is 59.4 Å². The van der Waals surface area contributed by atoms with Gasteiger partial charge in [-0.15, -0.1) is 11.3 Å². The average Bonchev–Trinajstić information content (AvgIpc) is 2.96. The number of aliphatic carboxylic acids is 1. The summed E-state index contributed by atoms with van der Waals surface area (Å²) in [5, 5.41) is 10.8. The van der Waals surface area contributed by atoms with E-state index in [1.165, 1.54) is 11.3 Å². The molecule has 2 saturated heterocycles. The van der Waals surface area contributed by atoms with E-state index >= 15 is 0 Å². The summed E-state index contributed by atoms with van der Waals surface area (Å²) < 4.78 is 0. The molecular formula is C18H27N3O3S. The zero-order chi connectivity index (χ0) is 18.4. The van der Waals surface area contributed by atoms with Gasteiger partial charge in [-0.3, -0.25) is 9.59 Å². The zero-order valence-corrected chi connectivity index (χ0v) is 16.2. The minimum atomic E-state index is -0.716. The third kappa shape index (κ3) is 3.08. The van der Waals surface area contributed by atoms with Gasteiger partial charge in [0.05, 0.1) is 16.1 Å². The first-order chi connectivity index (χ1) is 11.8. The smallest absolute Gasteiger partial charge is 0.311 e. The Kier molecular flexibility index (Phi) is 4.90. The maximum absolute atomic E-state index is 13.0. The average molecular weight is 365 g/mol. The number of likely N-dealkylation sites (tertiary alicyclic amines) is 2. The molecule has 1 aromatic rings. The molecule has 0 bridgehead atoms. The van der Waals surface area contributed by atoms with Crippen molar-refractivity contribution in [3.8, 4) is 0 Å². The highest BCUT2D eigenvalue weighted by atomic mass is 32.1. The number of likely N-dealkylation sites (N-methyl/N-ethyl adjacent to an activating group) is 1. The topological polar surface area (TPSA) is 73.7 Å². The molecule has 0 radical (unpaired) electrons. The number of aromatic nitrogens is 1. The number of carboxylic acid groups (broad SMARTS) is 1.